The molecule has 1 unspecified atom stereocenters. The van der Waals surface area contributed by atoms with E-state index in [4.69, 9.17) is 18.6 Å². The summed E-state index contributed by atoms with van der Waals surface area (Å²) in [6.07, 6.45) is 0. The molecule has 28 heavy (non-hydrogen) atoms. The molecule has 7 nitrogen and oxygen atoms in total. The van der Waals surface area contributed by atoms with Crippen LogP contribution in [0.25, 0.3) is 11.0 Å². The first-order valence-corrected chi connectivity index (χ1v) is 8.87. The van der Waals surface area contributed by atoms with Crippen LogP contribution in [0.5, 0.6) is 17.2 Å². The highest BCUT2D eigenvalue weighted by atomic mass is 16.5. The molecule has 148 valence electrons. The van der Waals surface area contributed by atoms with Crippen molar-refractivity contribution in [3.63, 3.8) is 0 Å². The molecular formula is C21H24N2O5. The van der Waals surface area contributed by atoms with Crippen molar-refractivity contribution in [1.82, 2.24) is 10.6 Å². The van der Waals surface area contributed by atoms with E-state index < -0.39 is 0 Å². The summed E-state index contributed by atoms with van der Waals surface area (Å²) in [6.45, 7) is 2.22. The molecule has 2 N–H and O–H groups in total. The fourth-order valence-electron chi connectivity index (χ4n) is 2.92. The second kappa shape index (κ2) is 8.56. The first kappa shape index (κ1) is 19.4. The van der Waals surface area contributed by atoms with Gasteiger partial charge < -0.3 is 29.3 Å². The summed E-state index contributed by atoms with van der Waals surface area (Å²) in [5, 5.41) is 6.63. The fourth-order valence-corrected chi connectivity index (χ4v) is 2.92. The number of methoxy groups -OCH3 is 3. The average Bonchev–Trinajstić information content (AvgIpc) is 3.16. The summed E-state index contributed by atoms with van der Waals surface area (Å²) in [4.78, 5) is 12.3. The molecule has 7 heteroatoms. The Labute approximate surface area is 163 Å². The van der Waals surface area contributed by atoms with Gasteiger partial charge in [-0.25, -0.2) is 4.79 Å². The molecule has 0 fully saturated rings. The Balaban J connectivity index is 1.62. The van der Waals surface area contributed by atoms with Crippen LogP contribution in [0.1, 0.15) is 24.3 Å². The van der Waals surface area contributed by atoms with E-state index in [0.29, 0.717) is 35.1 Å². The summed E-state index contributed by atoms with van der Waals surface area (Å²) in [5.41, 5.74) is 1.56. The van der Waals surface area contributed by atoms with E-state index in [-0.39, 0.29) is 12.1 Å². The Morgan fingerprint density at radius 2 is 1.75 bits per heavy atom. The highest BCUT2D eigenvalue weighted by Crippen LogP contribution is 2.31. The molecule has 0 radical (unpaired) electrons. The smallest absolute Gasteiger partial charge is 0.315 e. The van der Waals surface area contributed by atoms with Gasteiger partial charge in [0.1, 0.15) is 5.76 Å². The number of amides is 2. The van der Waals surface area contributed by atoms with Gasteiger partial charge in [0.2, 0.25) is 0 Å². The number of fused-ring (bicyclic) bond motifs is 1. The third-order valence-corrected chi connectivity index (χ3v) is 4.42. The normalized spacial score (nSPS) is 11.7. The van der Waals surface area contributed by atoms with Crippen LogP contribution in [0, 0.1) is 0 Å². The maximum absolute atomic E-state index is 12.3. The van der Waals surface area contributed by atoms with E-state index in [1.54, 1.807) is 27.4 Å². The number of urea groups is 1. The lowest BCUT2D eigenvalue weighted by molar-refractivity contribution is 0.236. The Morgan fingerprint density at radius 3 is 2.46 bits per heavy atom. The van der Waals surface area contributed by atoms with E-state index in [0.717, 1.165) is 10.9 Å². The van der Waals surface area contributed by atoms with Crippen molar-refractivity contribution >= 4 is 17.0 Å². The summed E-state index contributed by atoms with van der Waals surface area (Å²) in [5.74, 6) is 2.58. The van der Waals surface area contributed by atoms with Gasteiger partial charge in [-0.05, 0) is 36.8 Å². The molecule has 0 spiro atoms. The van der Waals surface area contributed by atoms with Crippen LogP contribution in [0.2, 0.25) is 0 Å². The van der Waals surface area contributed by atoms with Crippen LogP contribution in [0.3, 0.4) is 0 Å². The summed E-state index contributed by atoms with van der Waals surface area (Å²) in [7, 11) is 4.75. The summed E-state index contributed by atoms with van der Waals surface area (Å²) in [6, 6.07) is 12.5. The van der Waals surface area contributed by atoms with Gasteiger partial charge in [-0.1, -0.05) is 18.2 Å². The second-order valence-corrected chi connectivity index (χ2v) is 6.27. The van der Waals surface area contributed by atoms with Crippen LogP contribution < -0.4 is 24.8 Å². The summed E-state index contributed by atoms with van der Waals surface area (Å²) >= 11 is 0. The standard InChI is InChI=1S/C21H24N2O5/c1-13(18-11-15-6-5-7-17(26-3)20(15)28-18)23-21(24)22-12-14-8-9-16(25-2)19(10-14)27-4/h5-11,13H,12H2,1-4H3,(H2,22,23,24). The van der Waals surface area contributed by atoms with E-state index in [1.165, 1.54) is 0 Å². The lowest BCUT2D eigenvalue weighted by Gasteiger charge is -2.13. The molecule has 0 saturated heterocycles. The zero-order valence-electron chi connectivity index (χ0n) is 16.4. The first-order chi connectivity index (χ1) is 13.5. The predicted molar refractivity (Wildman–Crippen MR) is 106 cm³/mol. The first-order valence-electron chi connectivity index (χ1n) is 8.87. The molecule has 0 aliphatic carbocycles. The molecule has 0 aliphatic heterocycles. The van der Waals surface area contributed by atoms with Crippen molar-refractivity contribution in [3.8, 4) is 17.2 Å². The van der Waals surface area contributed by atoms with Gasteiger partial charge in [-0.3, -0.25) is 0 Å². The fraction of sp³-hybridized carbons (Fsp3) is 0.286. The maximum atomic E-state index is 12.3. The highest BCUT2D eigenvalue weighted by Gasteiger charge is 2.16. The molecule has 0 saturated carbocycles. The van der Waals surface area contributed by atoms with Crippen LogP contribution in [-0.2, 0) is 6.54 Å². The van der Waals surface area contributed by atoms with Crippen molar-refractivity contribution in [2.75, 3.05) is 21.3 Å². The second-order valence-electron chi connectivity index (χ2n) is 6.27. The van der Waals surface area contributed by atoms with Gasteiger partial charge in [0.05, 0.1) is 27.4 Å². The lowest BCUT2D eigenvalue weighted by Crippen LogP contribution is -2.36. The Bertz CT molecular complexity index is 967. The number of nitrogens with one attached hydrogen (secondary N) is 2. The zero-order valence-corrected chi connectivity index (χ0v) is 16.4. The minimum atomic E-state index is -0.303. The molecule has 0 bridgehead atoms. The molecule has 3 rings (SSSR count). The number of hydrogen-bond donors (Lipinski definition) is 2. The topological polar surface area (TPSA) is 82.0 Å². The van der Waals surface area contributed by atoms with E-state index in [2.05, 4.69) is 10.6 Å². The minimum absolute atomic E-state index is 0.297. The van der Waals surface area contributed by atoms with Gasteiger partial charge in [0.15, 0.2) is 22.8 Å². The molecule has 2 amide bonds. The van der Waals surface area contributed by atoms with Gasteiger partial charge in [-0.15, -0.1) is 0 Å². The molecular weight excluding hydrogens is 360 g/mol. The number of ether oxygens (including phenoxy) is 3. The van der Waals surface area contributed by atoms with Crippen molar-refractivity contribution < 1.29 is 23.4 Å². The number of carbonyl (C=O) groups excluding carboxylic acids is 1. The molecule has 1 heterocycles. The number of para-hydroxylation sites is 1. The predicted octanol–water partition coefficient (Wildman–Crippen LogP) is 4.02. The maximum Gasteiger partial charge on any atom is 0.315 e. The van der Waals surface area contributed by atoms with Gasteiger partial charge in [0, 0.05) is 11.9 Å². The van der Waals surface area contributed by atoms with Crippen molar-refractivity contribution in [1.29, 1.82) is 0 Å². The molecule has 2 aromatic carbocycles. The molecule has 1 atom stereocenters. The molecule has 3 aromatic rings. The minimum Gasteiger partial charge on any atom is -0.493 e. The molecule has 1 aromatic heterocycles. The van der Waals surface area contributed by atoms with Gasteiger partial charge in [0.25, 0.3) is 0 Å². The number of hydrogen-bond acceptors (Lipinski definition) is 5. The van der Waals surface area contributed by atoms with E-state index in [1.807, 2.05) is 43.3 Å². The largest absolute Gasteiger partial charge is 0.493 e. The monoisotopic (exact) mass is 384 g/mol. The Kier molecular flexibility index (Phi) is 5.93. The van der Waals surface area contributed by atoms with Crippen LogP contribution in [0.4, 0.5) is 4.79 Å². The number of benzene rings is 2. The SMILES string of the molecule is COc1ccc(CNC(=O)NC(C)c2cc3cccc(OC)c3o2)cc1OC. The van der Waals surface area contributed by atoms with Gasteiger partial charge in [-0.2, -0.15) is 0 Å². The molecule has 0 aliphatic rings. The third kappa shape index (κ3) is 4.14. The highest BCUT2D eigenvalue weighted by molar-refractivity contribution is 5.84. The van der Waals surface area contributed by atoms with E-state index >= 15 is 0 Å². The quantitative estimate of drug-likeness (QED) is 0.643. The van der Waals surface area contributed by atoms with Crippen molar-refractivity contribution in [2.45, 2.75) is 19.5 Å². The number of furan rings is 1. The Hall–Kier alpha value is -3.35. The van der Waals surface area contributed by atoms with Crippen molar-refractivity contribution in [3.05, 3.63) is 53.8 Å². The van der Waals surface area contributed by atoms with Crippen LogP contribution in [0.15, 0.2) is 46.9 Å². The zero-order chi connectivity index (χ0) is 20.1. The van der Waals surface area contributed by atoms with Gasteiger partial charge >= 0.3 is 6.03 Å². The summed E-state index contributed by atoms with van der Waals surface area (Å²) < 4.78 is 21.7. The lowest BCUT2D eigenvalue weighted by atomic mass is 10.2. The van der Waals surface area contributed by atoms with Crippen LogP contribution in [-0.4, -0.2) is 27.4 Å². The number of rotatable bonds is 7. The Morgan fingerprint density at radius 1 is 1.00 bits per heavy atom. The third-order valence-electron chi connectivity index (χ3n) is 4.42. The van der Waals surface area contributed by atoms with Crippen LogP contribution >= 0.6 is 0 Å². The van der Waals surface area contributed by atoms with E-state index in [9.17, 15) is 4.79 Å². The number of carbonyl (C=O) groups is 1. The average molecular weight is 384 g/mol. The van der Waals surface area contributed by atoms with Crippen molar-refractivity contribution in [2.24, 2.45) is 0 Å².